The molecule has 0 bridgehead atoms. The van der Waals surface area contributed by atoms with E-state index in [0.717, 1.165) is 23.0 Å². The molecule has 2 aromatic rings. The average Bonchev–Trinajstić information content (AvgIpc) is 3.22. The van der Waals surface area contributed by atoms with Gasteiger partial charge in [-0.1, -0.05) is 29.4 Å². The lowest BCUT2D eigenvalue weighted by atomic mass is 10.2. The summed E-state index contributed by atoms with van der Waals surface area (Å²) in [7, 11) is 0. The lowest BCUT2D eigenvalue weighted by Gasteiger charge is -2.06. The second kappa shape index (κ2) is 5.97. The molecule has 1 heterocycles. The first-order chi connectivity index (χ1) is 9.76. The standard InChI is InChI=1S/C15H18N2O2S/c1-10(15-16-14(17-19-15)13-6-7-13)20-9-12-4-2-11(8-18)3-5-12/h2-5,10,13,18H,6-9H2,1H3. The number of benzene rings is 1. The zero-order chi connectivity index (χ0) is 13.9. The molecule has 5 heteroatoms. The van der Waals surface area contributed by atoms with E-state index in [2.05, 4.69) is 29.2 Å². The fourth-order valence-corrected chi connectivity index (χ4v) is 2.83. The van der Waals surface area contributed by atoms with Gasteiger partial charge in [-0.2, -0.15) is 4.98 Å². The van der Waals surface area contributed by atoms with Gasteiger partial charge in [-0.3, -0.25) is 0 Å². The van der Waals surface area contributed by atoms with Crippen LogP contribution in [0.15, 0.2) is 28.8 Å². The van der Waals surface area contributed by atoms with Crippen molar-refractivity contribution in [1.29, 1.82) is 0 Å². The molecule has 3 rings (SSSR count). The van der Waals surface area contributed by atoms with Gasteiger partial charge >= 0.3 is 0 Å². The summed E-state index contributed by atoms with van der Waals surface area (Å²) in [6, 6.07) is 8.01. The largest absolute Gasteiger partial charge is 0.392 e. The highest BCUT2D eigenvalue weighted by Crippen LogP contribution is 2.39. The predicted molar refractivity (Wildman–Crippen MR) is 78.3 cm³/mol. The summed E-state index contributed by atoms with van der Waals surface area (Å²) in [6.07, 6.45) is 2.38. The van der Waals surface area contributed by atoms with Crippen molar-refractivity contribution < 1.29 is 9.63 Å². The molecule has 0 radical (unpaired) electrons. The Hall–Kier alpha value is -1.33. The molecule has 1 atom stereocenters. The second-order valence-corrected chi connectivity index (χ2v) is 6.52. The van der Waals surface area contributed by atoms with E-state index in [1.807, 2.05) is 12.1 Å². The van der Waals surface area contributed by atoms with Gasteiger partial charge in [0.1, 0.15) is 0 Å². The Balaban J connectivity index is 1.55. The number of aliphatic hydroxyl groups is 1. The smallest absolute Gasteiger partial charge is 0.239 e. The number of nitrogens with zero attached hydrogens (tertiary/aromatic N) is 2. The molecule has 1 unspecified atom stereocenters. The van der Waals surface area contributed by atoms with E-state index in [1.165, 1.54) is 18.4 Å². The maximum absolute atomic E-state index is 9.01. The van der Waals surface area contributed by atoms with Crippen molar-refractivity contribution in [2.24, 2.45) is 0 Å². The fourth-order valence-electron chi connectivity index (χ4n) is 1.95. The van der Waals surface area contributed by atoms with Crippen LogP contribution in [0.5, 0.6) is 0 Å². The van der Waals surface area contributed by atoms with E-state index >= 15 is 0 Å². The summed E-state index contributed by atoms with van der Waals surface area (Å²) in [5, 5.41) is 13.3. The third kappa shape index (κ3) is 3.22. The summed E-state index contributed by atoms with van der Waals surface area (Å²) in [6.45, 7) is 2.19. The molecule has 0 spiro atoms. The molecule has 1 aliphatic carbocycles. The molecule has 0 amide bonds. The van der Waals surface area contributed by atoms with Crippen molar-refractivity contribution in [3.8, 4) is 0 Å². The molecule has 0 aliphatic heterocycles. The first-order valence-electron chi connectivity index (χ1n) is 6.90. The Kier molecular flexibility index (Phi) is 4.08. The van der Waals surface area contributed by atoms with Gasteiger partial charge in [0.25, 0.3) is 0 Å². The highest BCUT2D eigenvalue weighted by atomic mass is 32.2. The SMILES string of the molecule is CC(SCc1ccc(CO)cc1)c1nc(C2CC2)no1. The Morgan fingerprint density at radius 1 is 1.30 bits per heavy atom. The van der Waals surface area contributed by atoms with Crippen LogP contribution in [-0.2, 0) is 12.4 Å². The van der Waals surface area contributed by atoms with Crippen LogP contribution in [0, 0.1) is 0 Å². The van der Waals surface area contributed by atoms with E-state index in [9.17, 15) is 0 Å². The van der Waals surface area contributed by atoms with Crippen LogP contribution < -0.4 is 0 Å². The molecule has 106 valence electrons. The third-order valence-electron chi connectivity index (χ3n) is 3.45. The van der Waals surface area contributed by atoms with E-state index < -0.39 is 0 Å². The van der Waals surface area contributed by atoms with Gasteiger partial charge in [-0.25, -0.2) is 0 Å². The molecule has 1 aromatic heterocycles. The minimum absolute atomic E-state index is 0.0930. The van der Waals surface area contributed by atoms with Gasteiger partial charge in [0, 0.05) is 11.7 Å². The topological polar surface area (TPSA) is 59.2 Å². The maximum atomic E-state index is 9.01. The van der Waals surface area contributed by atoms with E-state index in [0.29, 0.717) is 5.92 Å². The van der Waals surface area contributed by atoms with Gasteiger partial charge in [0.15, 0.2) is 5.82 Å². The lowest BCUT2D eigenvalue weighted by molar-refractivity contribution is 0.282. The number of hydrogen-bond donors (Lipinski definition) is 1. The highest BCUT2D eigenvalue weighted by Gasteiger charge is 2.29. The monoisotopic (exact) mass is 290 g/mol. The van der Waals surface area contributed by atoms with Crippen molar-refractivity contribution >= 4 is 11.8 Å². The molecule has 1 aromatic carbocycles. The van der Waals surface area contributed by atoms with Crippen molar-refractivity contribution in [2.45, 2.75) is 43.3 Å². The van der Waals surface area contributed by atoms with Crippen LogP contribution in [0.2, 0.25) is 0 Å². The van der Waals surface area contributed by atoms with Crippen molar-refractivity contribution in [1.82, 2.24) is 10.1 Å². The summed E-state index contributed by atoms with van der Waals surface area (Å²) in [5.41, 5.74) is 2.18. The van der Waals surface area contributed by atoms with Crippen molar-refractivity contribution in [2.75, 3.05) is 0 Å². The Morgan fingerprint density at radius 2 is 2.00 bits per heavy atom. The molecule has 1 saturated carbocycles. The Morgan fingerprint density at radius 3 is 2.65 bits per heavy atom. The lowest BCUT2D eigenvalue weighted by Crippen LogP contribution is -1.92. The van der Waals surface area contributed by atoms with Gasteiger partial charge in [-0.05, 0) is 30.9 Å². The predicted octanol–water partition coefficient (Wildman–Crippen LogP) is 3.43. The maximum Gasteiger partial charge on any atom is 0.239 e. The quantitative estimate of drug-likeness (QED) is 0.883. The van der Waals surface area contributed by atoms with Gasteiger partial charge in [0.2, 0.25) is 5.89 Å². The third-order valence-corrected chi connectivity index (χ3v) is 4.65. The van der Waals surface area contributed by atoms with E-state index in [4.69, 9.17) is 9.63 Å². The zero-order valence-corrected chi connectivity index (χ0v) is 12.3. The molecular weight excluding hydrogens is 272 g/mol. The highest BCUT2D eigenvalue weighted by molar-refractivity contribution is 7.98. The van der Waals surface area contributed by atoms with Crippen LogP contribution in [0.1, 0.15) is 53.8 Å². The summed E-state index contributed by atoms with van der Waals surface area (Å²) in [5.74, 6) is 3.04. The number of thioether (sulfide) groups is 1. The summed E-state index contributed by atoms with van der Waals surface area (Å²) in [4.78, 5) is 4.48. The second-order valence-electron chi connectivity index (χ2n) is 5.19. The fraction of sp³-hybridized carbons (Fsp3) is 0.467. The van der Waals surface area contributed by atoms with Crippen LogP contribution in [-0.4, -0.2) is 15.2 Å². The Labute approximate surface area is 122 Å². The molecular formula is C15H18N2O2S. The number of rotatable bonds is 6. The number of hydrogen-bond acceptors (Lipinski definition) is 5. The van der Waals surface area contributed by atoms with Crippen molar-refractivity contribution in [3.05, 3.63) is 47.1 Å². The average molecular weight is 290 g/mol. The molecule has 1 N–H and O–H groups in total. The van der Waals surface area contributed by atoms with E-state index in [-0.39, 0.29) is 11.9 Å². The van der Waals surface area contributed by atoms with Crippen LogP contribution >= 0.6 is 11.8 Å². The first kappa shape index (κ1) is 13.6. The minimum atomic E-state index is 0.0930. The summed E-state index contributed by atoms with van der Waals surface area (Å²) < 4.78 is 5.34. The minimum Gasteiger partial charge on any atom is -0.392 e. The van der Waals surface area contributed by atoms with Gasteiger partial charge in [0.05, 0.1) is 11.9 Å². The van der Waals surface area contributed by atoms with Gasteiger partial charge < -0.3 is 9.63 Å². The van der Waals surface area contributed by atoms with Crippen LogP contribution in [0.25, 0.3) is 0 Å². The molecule has 20 heavy (non-hydrogen) atoms. The molecule has 0 saturated heterocycles. The van der Waals surface area contributed by atoms with Crippen molar-refractivity contribution in [3.63, 3.8) is 0 Å². The molecule has 1 aliphatic rings. The zero-order valence-electron chi connectivity index (χ0n) is 11.5. The summed E-state index contributed by atoms with van der Waals surface area (Å²) >= 11 is 1.78. The number of aromatic nitrogens is 2. The van der Waals surface area contributed by atoms with Gasteiger partial charge in [-0.15, -0.1) is 11.8 Å². The van der Waals surface area contributed by atoms with Crippen LogP contribution in [0.4, 0.5) is 0 Å². The number of aliphatic hydroxyl groups excluding tert-OH is 1. The van der Waals surface area contributed by atoms with Crippen LogP contribution in [0.3, 0.4) is 0 Å². The molecule has 1 fully saturated rings. The molecule has 4 nitrogen and oxygen atoms in total. The Bertz CT molecular complexity index is 564. The normalized spacial score (nSPS) is 16.3. The van der Waals surface area contributed by atoms with E-state index in [1.54, 1.807) is 11.8 Å². The first-order valence-corrected chi connectivity index (χ1v) is 7.95.